The first-order chi connectivity index (χ1) is 14.5. The molecule has 0 radical (unpaired) electrons. The van der Waals surface area contributed by atoms with Crippen molar-refractivity contribution >= 4 is 23.7 Å². The highest BCUT2D eigenvalue weighted by Gasteiger charge is 2.03. The number of hydrogen-bond acceptors (Lipinski definition) is 4. The number of hydrazone groups is 1. The maximum Gasteiger partial charge on any atom is 0.277 e. The van der Waals surface area contributed by atoms with Crippen molar-refractivity contribution in [2.45, 2.75) is 20.5 Å². The minimum Gasteiger partial charge on any atom is -0.489 e. The summed E-state index contributed by atoms with van der Waals surface area (Å²) in [6, 6.07) is 20.8. The zero-order valence-electron chi connectivity index (χ0n) is 16.9. The van der Waals surface area contributed by atoms with Gasteiger partial charge in [0.2, 0.25) is 0 Å². The number of nitrogens with one attached hydrogen (secondary N) is 1. The van der Waals surface area contributed by atoms with Gasteiger partial charge in [-0.05, 0) is 73.0 Å². The van der Waals surface area contributed by atoms with Crippen molar-refractivity contribution in [2.24, 2.45) is 5.10 Å². The summed E-state index contributed by atoms with van der Waals surface area (Å²) in [5.41, 5.74) is 6.39. The first-order valence-electron chi connectivity index (χ1n) is 9.49. The van der Waals surface area contributed by atoms with Crippen molar-refractivity contribution < 1.29 is 14.3 Å². The number of amides is 1. The number of rotatable bonds is 8. The fourth-order valence-electron chi connectivity index (χ4n) is 2.80. The van der Waals surface area contributed by atoms with Crippen molar-refractivity contribution in [2.75, 3.05) is 6.61 Å². The van der Waals surface area contributed by atoms with Gasteiger partial charge in [-0.2, -0.15) is 5.10 Å². The Balaban J connectivity index is 1.44. The molecule has 0 fully saturated rings. The fourth-order valence-corrected chi connectivity index (χ4v) is 2.99. The van der Waals surface area contributed by atoms with Gasteiger partial charge in [0, 0.05) is 10.6 Å². The van der Waals surface area contributed by atoms with Crippen LogP contribution in [0.4, 0.5) is 0 Å². The van der Waals surface area contributed by atoms with Gasteiger partial charge in [0.25, 0.3) is 5.91 Å². The monoisotopic (exact) mass is 422 g/mol. The molecule has 0 saturated carbocycles. The minimum atomic E-state index is -0.329. The van der Waals surface area contributed by atoms with Crippen LogP contribution in [-0.2, 0) is 11.4 Å². The summed E-state index contributed by atoms with van der Waals surface area (Å²) in [4.78, 5) is 11.9. The van der Waals surface area contributed by atoms with Crippen LogP contribution in [0.2, 0.25) is 5.02 Å². The van der Waals surface area contributed by atoms with Gasteiger partial charge in [0.05, 0.1) is 6.21 Å². The second-order valence-corrected chi connectivity index (χ2v) is 7.26. The van der Waals surface area contributed by atoms with E-state index in [1.54, 1.807) is 6.21 Å². The molecule has 0 aliphatic heterocycles. The lowest BCUT2D eigenvalue weighted by Crippen LogP contribution is -2.24. The van der Waals surface area contributed by atoms with Crippen LogP contribution in [0.25, 0.3) is 0 Å². The molecule has 1 amide bonds. The summed E-state index contributed by atoms with van der Waals surface area (Å²) < 4.78 is 11.3. The molecule has 0 heterocycles. The van der Waals surface area contributed by atoms with Crippen LogP contribution < -0.4 is 14.9 Å². The van der Waals surface area contributed by atoms with Gasteiger partial charge in [0.15, 0.2) is 6.61 Å². The summed E-state index contributed by atoms with van der Waals surface area (Å²) in [6.07, 6.45) is 1.56. The summed E-state index contributed by atoms with van der Waals surface area (Å²) in [5, 5.41) is 4.64. The van der Waals surface area contributed by atoms with E-state index in [4.69, 9.17) is 21.1 Å². The Hall–Kier alpha value is -3.31. The lowest BCUT2D eigenvalue weighted by molar-refractivity contribution is -0.123. The van der Waals surface area contributed by atoms with E-state index in [0.29, 0.717) is 17.4 Å². The first kappa shape index (κ1) is 21.4. The van der Waals surface area contributed by atoms with Crippen molar-refractivity contribution in [1.29, 1.82) is 0 Å². The second-order valence-electron chi connectivity index (χ2n) is 6.85. The van der Waals surface area contributed by atoms with Crippen LogP contribution in [0.15, 0.2) is 71.8 Å². The van der Waals surface area contributed by atoms with Gasteiger partial charge >= 0.3 is 0 Å². The van der Waals surface area contributed by atoms with Gasteiger partial charge in [-0.25, -0.2) is 5.43 Å². The lowest BCUT2D eigenvalue weighted by Gasteiger charge is -2.08. The Bertz CT molecular complexity index is 1010. The average Bonchev–Trinajstić information content (AvgIpc) is 2.72. The fraction of sp³-hybridized carbons (Fsp3) is 0.167. The number of hydrogen-bond donors (Lipinski definition) is 1. The molecular formula is C24H23ClN2O3. The number of carbonyl (C=O) groups excluding carboxylic acids is 1. The molecule has 3 rings (SSSR count). The highest BCUT2D eigenvalue weighted by Crippen LogP contribution is 2.19. The van der Waals surface area contributed by atoms with Crippen LogP contribution in [0, 0.1) is 13.8 Å². The molecule has 1 N–H and O–H groups in total. The van der Waals surface area contributed by atoms with Crippen LogP contribution in [0.5, 0.6) is 11.5 Å². The molecule has 0 spiro atoms. The molecule has 0 saturated heterocycles. The molecule has 6 heteroatoms. The van der Waals surface area contributed by atoms with Gasteiger partial charge < -0.3 is 9.47 Å². The third-order valence-electron chi connectivity index (χ3n) is 4.20. The molecule has 0 unspecified atom stereocenters. The number of halogens is 1. The van der Waals surface area contributed by atoms with Gasteiger partial charge in [0.1, 0.15) is 18.1 Å². The molecule has 0 aliphatic carbocycles. The van der Waals surface area contributed by atoms with E-state index in [1.807, 2.05) is 80.6 Å². The second kappa shape index (κ2) is 10.5. The Morgan fingerprint density at radius 2 is 1.67 bits per heavy atom. The molecule has 3 aromatic rings. The van der Waals surface area contributed by atoms with Crippen LogP contribution in [0.1, 0.15) is 22.3 Å². The number of benzene rings is 3. The maximum atomic E-state index is 11.9. The lowest BCUT2D eigenvalue weighted by atomic mass is 10.1. The van der Waals surface area contributed by atoms with Crippen LogP contribution in [-0.4, -0.2) is 18.7 Å². The Morgan fingerprint density at radius 3 is 2.37 bits per heavy atom. The van der Waals surface area contributed by atoms with E-state index in [2.05, 4.69) is 10.5 Å². The average molecular weight is 423 g/mol. The Morgan fingerprint density at radius 1 is 0.967 bits per heavy atom. The van der Waals surface area contributed by atoms with Gasteiger partial charge in [-0.15, -0.1) is 0 Å². The molecule has 0 aromatic heterocycles. The van der Waals surface area contributed by atoms with E-state index in [0.717, 1.165) is 28.0 Å². The third kappa shape index (κ3) is 6.64. The van der Waals surface area contributed by atoms with E-state index >= 15 is 0 Å². The Labute approximate surface area is 181 Å². The summed E-state index contributed by atoms with van der Waals surface area (Å²) in [6.45, 7) is 4.26. The van der Waals surface area contributed by atoms with Crippen LogP contribution in [0.3, 0.4) is 0 Å². The largest absolute Gasteiger partial charge is 0.489 e. The van der Waals surface area contributed by atoms with E-state index < -0.39 is 0 Å². The van der Waals surface area contributed by atoms with Crippen molar-refractivity contribution in [3.8, 4) is 11.5 Å². The molecule has 0 atom stereocenters. The predicted molar refractivity (Wildman–Crippen MR) is 119 cm³/mol. The first-order valence-corrected chi connectivity index (χ1v) is 9.87. The summed E-state index contributed by atoms with van der Waals surface area (Å²) in [7, 11) is 0. The third-order valence-corrected chi connectivity index (χ3v) is 4.57. The SMILES string of the molecule is Cc1cc(C)cc(OCC(=O)N/N=C\c2ccc(OCc3ccccc3Cl)cc2)c1. The number of ether oxygens (including phenoxy) is 2. The standard InChI is InChI=1S/C24H23ClN2O3/c1-17-11-18(2)13-22(12-17)30-16-24(28)27-26-14-19-7-9-21(10-8-19)29-15-20-5-3-4-6-23(20)25/h3-14H,15-16H2,1-2H3,(H,27,28)/b26-14-. The highest BCUT2D eigenvalue weighted by atomic mass is 35.5. The minimum absolute atomic E-state index is 0.102. The van der Waals surface area contributed by atoms with Crippen molar-refractivity contribution in [3.63, 3.8) is 0 Å². The zero-order valence-corrected chi connectivity index (χ0v) is 17.6. The normalized spacial score (nSPS) is 10.8. The molecule has 154 valence electrons. The van der Waals surface area contributed by atoms with Crippen LogP contribution >= 0.6 is 11.6 Å². The molecule has 5 nitrogen and oxygen atoms in total. The number of aryl methyl sites for hydroxylation is 2. The number of nitrogens with zero attached hydrogens (tertiary/aromatic N) is 1. The van der Waals surface area contributed by atoms with E-state index in [1.165, 1.54) is 0 Å². The molecular weight excluding hydrogens is 400 g/mol. The molecule has 0 aliphatic rings. The topological polar surface area (TPSA) is 59.9 Å². The van der Waals surface area contributed by atoms with E-state index in [-0.39, 0.29) is 12.5 Å². The summed E-state index contributed by atoms with van der Waals surface area (Å²) >= 11 is 6.13. The molecule has 3 aromatic carbocycles. The predicted octanol–water partition coefficient (Wildman–Crippen LogP) is 5.06. The van der Waals surface area contributed by atoms with E-state index in [9.17, 15) is 4.79 Å². The zero-order chi connectivity index (χ0) is 21.3. The van der Waals surface area contributed by atoms with Gasteiger partial charge in [-0.3, -0.25) is 4.79 Å². The van der Waals surface area contributed by atoms with Gasteiger partial charge in [-0.1, -0.05) is 35.9 Å². The highest BCUT2D eigenvalue weighted by molar-refractivity contribution is 6.31. The number of carbonyl (C=O) groups is 1. The molecule has 0 bridgehead atoms. The van der Waals surface area contributed by atoms with Crippen molar-refractivity contribution in [1.82, 2.24) is 5.43 Å². The maximum absolute atomic E-state index is 11.9. The smallest absolute Gasteiger partial charge is 0.277 e. The molecule has 30 heavy (non-hydrogen) atoms. The van der Waals surface area contributed by atoms with Crippen molar-refractivity contribution in [3.05, 3.63) is 94.0 Å². The Kier molecular flexibility index (Phi) is 7.46. The quantitative estimate of drug-likeness (QED) is 0.407. The summed E-state index contributed by atoms with van der Waals surface area (Å²) in [5.74, 6) is 1.06.